The van der Waals surface area contributed by atoms with Gasteiger partial charge < -0.3 is 5.11 Å². The Bertz CT molecular complexity index is 569. The first-order chi connectivity index (χ1) is 8.93. The highest BCUT2D eigenvalue weighted by Crippen LogP contribution is 2.32. The minimum absolute atomic E-state index is 0.0398. The maximum Gasteiger partial charge on any atom is 0.337 e. The molecule has 0 heterocycles. The summed E-state index contributed by atoms with van der Waals surface area (Å²) in [5.74, 6) is -0.635. The van der Waals surface area contributed by atoms with Gasteiger partial charge in [0.15, 0.2) is 9.84 Å². The average Bonchev–Trinajstić information content (AvgIpc) is 2.39. The Hall–Kier alpha value is -1.36. The van der Waals surface area contributed by atoms with E-state index >= 15 is 0 Å². The predicted molar refractivity (Wildman–Crippen MR) is 72.0 cm³/mol. The first-order valence-corrected chi connectivity index (χ1v) is 8.03. The SMILES string of the molecule is CC1CCC(S(=O)(=O)c2ccccc2C(=O)O)CC1. The van der Waals surface area contributed by atoms with Crippen molar-refractivity contribution in [2.24, 2.45) is 5.92 Å². The molecule has 0 amide bonds. The van der Waals surface area contributed by atoms with Crippen molar-refractivity contribution in [3.63, 3.8) is 0 Å². The lowest BCUT2D eigenvalue weighted by molar-refractivity contribution is 0.0692. The van der Waals surface area contributed by atoms with E-state index in [0.717, 1.165) is 12.8 Å². The van der Waals surface area contributed by atoms with Crippen LogP contribution in [0.3, 0.4) is 0 Å². The summed E-state index contributed by atoms with van der Waals surface area (Å²) in [6, 6.07) is 5.87. The van der Waals surface area contributed by atoms with Gasteiger partial charge in [0.25, 0.3) is 0 Å². The van der Waals surface area contributed by atoms with E-state index in [1.807, 2.05) is 0 Å². The van der Waals surface area contributed by atoms with Crippen molar-refractivity contribution in [2.45, 2.75) is 42.8 Å². The van der Waals surface area contributed by atoms with Crippen molar-refractivity contribution >= 4 is 15.8 Å². The lowest BCUT2D eigenvalue weighted by Gasteiger charge is -2.26. The van der Waals surface area contributed by atoms with Crippen LogP contribution in [0.15, 0.2) is 29.2 Å². The third-order valence-electron chi connectivity index (χ3n) is 3.83. The summed E-state index contributed by atoms with van der Waals surface area (Å²) >= 11 is 0. The molecule has 1 aliphatic carbocycles. The van der Waals surface area contributed by atoms with Crippen LogP contribution < -0.4 is 0 Å². The zero-order chi connectivity index (χ0) is 14.0. The molecule has 1 aromatic carbocycles. The zero-order valence-electron chi connectivity index (χ0n) is 10.9. The van der Waals surface area contributed by atoms with Crippen molar-refractivity contribution in [1.29, 1.82) is 0 Å². The summed E-state index contributed by atoms with van der Waals surface area (Å²) in [7, 11) is -3.54. The fourth-order valence-electron chi connectivity index (χ4n) is 2.61. The van der Waals surface area contributed by atoms with E-state index in [0.29, 0.717) is 18.8 Å². The van der Waals surface area contributed by atoms with Crippen LogP contribution in [0.1, 0.15) is 43.0 Å². The molecule has 1 fully saturated rings. The maximum absolute atomic E-state index is 12.6. The normalized spacial score (nSPS) is 24.1. The molecule has 0 aliphatic heterocycles. The summed E-state index contributed by atoms with van der Waals surface area (Å²) in [6.45, 7) is 2.12. The van der Waals surface area contributed by atoms with Crippen molar-refractivity contribution < 1.29 is 18.3 Å². The first kappa shape index (κ1) is 14.1. The number of sulfone groups is 1. The summed E-state index contributed by atoms with van der Waals surface area (Å²) in [5, 5.41) is 8.66. The minimum atomic E-state index is -3.54. The number of carboxylic acids is 1. The van der Waals surface area contributed by atoms with Crippen LogP contribution in [0.4, 0.5) is 0 Å². The predicted octanol–water partition coefficient (Wildman–Crippen LogP) is 2.74. The fraction of sp³-hybridized carbons (Fsp3) is 0.500. The molecule has 2 rings (SSSR count). The Morgan fingerprint density at radius 2 is 1.74 bits per heavy atom. The number of carbonyl (C=O) groups is 1. The van der Waals surface area contributed by atoms with E-state index in [2.05, 4.69) is 6.92 Å². The second-order valence-corrected chi connectivity index (χ2v) is 7.42. The summed E-state index contributed by atoms with van der Waals surface area (Å²) < 4.78 is 25.1. The monoisotopic (exact) mass is 282 g/mol. The second-order valence-electron chi connectivity index (χ2n) is 5.23. The Morgan fingerprint density at radius 3 is 2.32 bits per heavy atom. The summed E-state index contributed by atoms with van der Waals surface area (Å²) in [6.07, 6.45) is 3.02. The molecule has 1 aliphatic rings. The molecule has 1 aromatic rings. The Morgan fingerprint density at radius 1 is 1.16 bits per heavy atom. The van der Waals surface area contributed by atoms with Crippen LogP contribution in [-0.4, -0.2) is 24.7 Å². The van der Waals surface area contributed by atoms with Crippen molar-refractivity contribution in [3.05, 3.63) is 29.8 Å². The van der Waals surface area contributed by atoms with Gasteiger partial charge in [-0.25, -0.2) is 13.2 Å². The average molecular weight is 282 g/mol. The number of benzene rings is 1. The fourth-order valence-corrected chi connectivity index (χ4v) is 4.59. The van der Waals surface area contributed by atoms with E-state index < -0.39 is 21.1 Å². The molecule has 0 bridgehead atoms. The highest BCUT2D eigenvalue weighted by atomic mass is 32.2. The Kier molecular flexibility index (Phi) is 3.94. The summed E-state index contributed by atoms with van der Waals surface area (Å²) in [4.78, 5) is 11.1. The molecule has 1 saturated carbocycles. The smallest absolute Gasteiger partial charge is 0.337 e. The van der Waals surface area contributed by atoms with E-state index in [9.17, 15) is 13.2 Å². The second kappa shape index (κ2) is 5.33. The molecule has 0 saturated heterocycles. The standard InChI is InChI=1S/C14H18O4S/c1-10-6-8-11(9-7-10)19(17,18)13-5-3-2-4-12(13)14(15)16/h2-5,10-11H,6-9H2,1H3,(H,15,16). The van der Waals surface area contributed by atoms with Crippen LogP contribution in [0, 0.1) is 5.92 Å². The van der Waals surface area contributed by atoms with Gasteiger partial charge in [-0.15, -0.1) is 0 Å². The van der Waals surface area contributed by atoms with E-state index in [1.54, 1.807) is 12.1 Å². The van der Waals surface area contributed by atoms with Crippen LogP contribution in [0.25, 0.3) is 0 Å². The van der Waals surface area contributed by atoms with Gasteiger partial charge in [0.2, 0.25) is 0 Å². The Labute approximate surface area is 113 Å². The molecule has 0 unspecified atom stereocenters. The molecule has 4 nitrogen and oxygen atoms in total. The van der Waals surface area contributed by atoms with Gasteiger partial charge in [-0.1, -0.05) is 19.1 Å². The molecular formula is C14H18O4S. The van der Waals surface area contributed by atoms with Gasteiger partial charge in [-0.3, -0.25) is 0 Å². The van der Waals surface area contributed by atoms with Crippen LogP contribution in [-0.2, 0) is 9.84 Å². The highest BCUT2D eigenvalue weighted by Gasteiger charge is 2.33. The van der Waals surface area contributed by atoms with Crippen LogP contribution in [0.2, 0.25) is 0 Å². The lowest BCUT2D eigenvalue weighted by atomic mass is 9.91. The number of hydrogen-bond donors (Lipinski definition) is 1. The van der Waals surface area contributed by atoms with Gasteiger partial charge in [0, 0.05) is 0 Å². The van der Waals surface area contributed by atoms with Crippen molar-refractivity contribution in [2.75, 3.05) is 0 Å². The third-order valence-corrected chi connectivity index (χ3v) is 6.14. The molecule has 0 aromatic heterocycles. The topological polar surface area (TPSA) is 71.4 Å². The first-order valence-electron chi connectivity index (χ1n) is 6.49. The number of aromatic carboxylic acids is 1. The molecule has 5 heteroatoms. The van der Waals surface area contributed by atoms with E-state index in [1.165, 1.54) is 12.1 Å². The van der Waals surface area contributed by atoms with Gasteiger partial charge in [-0.05, 0) is 43.7 Å². The zero-order valence-corrected chi connectivity index (χ0v) is 11.7. The van der Waals surface area contributed by atoms with Gasteiger partial charge in [0.1, 0.15) is 0 Å². The van der Waals surface area contributed by atoms with E-state index in [-0.39, 0.29) is 10.5 Å². The molecular weight excluding hydrogens is 264 g/mol. The summed E-state index contributed by atoms with van der Waals surface area (Å²) in [5.41, 5.74) is -0.124. The molecule has 0 radical (unpaired) electrons. The van der Waals surface area contributed by atoms with Crippen LogP contribution >= 0.6 is 0 Å². The largest absolute Gasteiger partial charge is 0.478 e. The molecule has 1 N–H and O–H groups in total. The Balaban J connectivity index is 2.37. The number of rotatable bonds is 3. The van der Waals surface area contributed by atoms with E-state index in [4.69, 9.17) is 5.11 Å². The third kappa shape index (κ3) is 2.81. The highest BCUT2D eigenvalue weighted by molar-refractivity contribution is 7.92. The molecule has 0 atom stereocenters. The number of hydrogen-bond acceptors (Lipinski definition) is 3. The number of carboxylic acid groups (broad SMARTS) is 1. The van der Waals surface area contributed by atoms with Gasteiger partial charge in [-0.2, -0.15) is 0 Å². The van der Waals surface area contributed by atoms with Gasteiger partial charge in [0.05, 0.1) is 15.7 Å². The minimum Gasteiger partial charge on any atom is -0.478 e. The van der Waals surface area contributed by atoms with Crippen molar-refractivity contribution in [1.82, 2.24) is 0 Å². The van der Waals surface area contributed by atoms with Crippen LogP contribution in [0.5, 0.6) is 0 Å². The van der Waals surface area contributed by atoms with Crippen molar-refractivity contribution in [3.8, 4) is 0 Å². The maximum atomic E-state index is 12.6. The molecule has 104 valence electrons. The van der Waals surface area contributed by atoms with Gasteiger partial charge >= 0.3 is 5.97 Å². The lowest BCUT2D eigenvalue weighted by Crippen LogP contribution is -2.27. The molecule has 0 spiro atoms. The molecule has 19 heavy (non-hydrogen) atoms. The quantitative estimate of drug-likeness (QED) is 0.925.